The van der Waals surface area contributed by atoms with E-state index < -0.39 is 11.0 Å². The van der Waals surface area contributed by atoms with Gasteiger partial charge in [-0.15, -0.1) is 10.2 Å². The van der Waals surface area contributed by atoms with Crippen molar-refractivity contribution in [2.75, 3.05) is 11.9 Å². The van der Waals surface area contributed by atoms with Crippen molar-refractivity contribution in [2.24, 2.45) is 22.4 Å². The van der Waals surface area contributed by atoms with Crippen LogP contribution in [0.2, 0.25) is 0 Å². The molecule has 0 radical (unpaired) electrons. The predicted molar refractivity (Wildman–Crippen MR) is 140 cm³/mol. The summed E-state index contributed by atoms with van der Waals surface area (Å²) in [5, 5.41) is 25.5. The molecule has 0 bridgehead atoms. The highest BCUT2D eigenvalue weighted by Crippen LogP contribution is 2.38. The molecule has 11 heteroatoms. The van der Waals surface area contributed by atoms with Gasteiger partial charge in [-0.25, -0.2) is 4.99 Å². The van der Waals surface area contributed by atoms with Gasteiger partial charge in [-0.3, -0.25) is 4.98 Å². The summed E-state index contributed by atoms with van der Waals surface area (Å²) >= 11 is 0. The second-order valence-electron chi connectivity index (χ2n) is 9.55. The Morgan fingerprint density at radius 3 is 2.50 bits per heavy atom. The topological polar surface area (TPSA) is 174 Å². The van der Waals surface area contributed by atoms with Crippen LogP contribution in [-0.2, 0) is 5.41 Å². The molecule has 190 valence electrons. The van der Waals surface area contributed by atoms with Gasteiger partial charge in [-0.1, -0.05) is 31.6 Å². The Morgan fingerprint density at radius 1 is 1.22 bits per heavy atom. The van der Waals surface area contributed by atoms with Crippen LogP contribution >= 0.6 is 0 Å². The van der Waals surface area contributed by atoms with Crippen LogP contribution in [0.15, 0.2) is 58.6 Å². The van der Waals surface area contributed by atoms with Crippen molar-refractivity contribution in [2.45, 2.75) is 45.6 Å². The van der Waals surface area contributed by atoms with Gasteiger partial charge < -0.3 is 26.4 Å². The molecule has 0 saturated carbocycles. The number of nitrogens with zero attached hydrogens (tertiary/aromatic N) is 6. The quantitative estimate of drug-likeness (QED) is 0.309. The van der Waals surface area contributed by atoms with Crippen LogP contribution in [0.4, 0.5) is 5.82 Å². The van der Waals surface area contributed by atoms with E-state index >= 15 is 0 Å². The summed E-state index contributed by atoms with van der Waals surface area (Å²) in [6.45, 7) is 13.5. The lowest BCUT2D eigenvalue weighted by Gasteiger charge is -2.30. The van der Waals surface area contributed by atoms with Gasteiger partial charge in [0.25, 0.3) is 5.89 Å². The number of pyridine rings is 1. The number of aliphatic hydroxyl groups is 1. The number of aliphatic imine (C=N–C) groups is 1. The van der Waals surface area contributed by atoms with Crippen LogP contribution in [-0.4, -0.2) is 48.8 Å². The summed E-state index contributed by atoms with van der Waals surface area (Å²) in [5.74, 6) is 1.58. The molecule has 0 aliphatic heterocycles. The predicted octanol–water partition coefficient (Wildman–Crippen LogP) is 2.87. The van der Waals surface area contributed by atoms with Crippen molar-refractivity contribution in [3.63, 3.8) is 0 Å². The Bertz CT molecular complexity index is 1240. The zero-order chi connectivity index (χ0) is 26.5. The Balaban J connectivity index is 1.86. The van der Waals surface area contributed by atoms with Crippen LogP contribution in [0.25, 0.3) is 17.2 Å². The van der Waals surface area contributed by atoms with Gasteiger partial charge >= 0.3 is 0 Å². The monoisotopic (exact) mass is 491 g/mol. The lowest BCUT2D eigenvalue weighted by atomic mass is 9.73. The van der Waals surface area contributed by atoms with Crippen LogP contribution in [0.5, 0.6) is 0 Å². The van der Waals surface area contributed by atoms with Crippen molar-refractivity contribution < 1.29 is 9.63 Å². The molecule has 0 amide bonds. The summed E-state index contributed by atoms with van der Waals surface area (Å²) in [6.07, 6.45) is 4.70. The van der Waals surface area contributed by atoms with Crippen LogP contribution in [0.3, 0.4) is 0 Å². The van der Waals surface area contributed by atoms with E-state index in [4.69, 9.17) is 16.0 Å². The molecule has 3 heterocycles. The lowest BCUT2D eigenvalue weighted by molar-refractivity contribution is 0.0944. The summed E-state index contributed by atoms with van der Waals surface area (Å²) in [6, 6.07) is 7.29. The molecule has 0 aliphatic carbocycles. The summed E-state index contributed by atoms with van der Waals surface area (Å²) in [4.78, 5) is 13.2. The van der Waals surface area contributed by atoms with Gasteiger partial charge in [-0.2, -0.15) is 4.98 Å². The minimum absolute atomic E-state index is 0.113. The van der Waals surface area contributed by atoms with Crippen LogP contribution in [0, 0.1) is 5.92 Å². The molecular weight excluding hydrogens is 458 g/mol. The molecule has 0 saturated heterocycles. The van der Waals surface area contributed by atoms with Gasteiger partial charge in [0, 0.05) is 30.7 Å². The van der Waals surface area contributed by atoms with Gasteiger partial charge in [0.15, 0.2) is 11.5 Å². The second-order valence-corrected chi connectivity index (χ2v) is 9.55. The van der Waals surface area contributed by atoms with Crippen LogP contribution < -0.4 is 16.8 Å². The van der Waals surface area contributed by atoms with Gasteiger partial charge in [-0.05, 0) is 50.5 Å². The zero-order valence-corrected chi connectivity index (χ0v) is 21.2. The maximum atomic E-state index is 9.86. The van der Waals surface area contributed by atoms with Gasteiger partial charge in [0.05, 0.1) is 16.7 Å². The number of nitrogens with one attached hydrogen (secondary N) is 1. The molecule has 11 nitrogen and oxygen atoms in total. The highest BCUT2D eigenvalue weighted by Gasteiger charge is 2.38. The van der Waals surface area contributed by atoms with E-state index in [9.17, 15) is 5.11 Å². The van der Waals surface area contributed by atoms with E-state index in [1.807, 2.05) is 19.1 Å². The fourth-order valence-electron chi connectivity index (χ4n) is 3.33. The van der Waals surface area contributed by atoms with Crippen molar-refractivity contribution in [3.8, 4) is 11.6 Å². The van der Waals surface area contributed by atoms with Crippen molar-refractivity contribution in [1.29, 1.82) is 0 Å². The number of nitrogens with two attached hydrogens (primary N) is 2. The molecule has 0 spiro atoms. The number of hydrogen-bond acceptors (Lipinski definition) is 11. The standard InChI is InChI=1S/C25H33N9O2/c1-15(2)25(6,18-7-8-19(29-13-18)17(11-26)12-28-16(3)27)23-31-22(36-34-23)20-9-10-21(33-32-20)30-14-24(4,5)35/h7-13,15,35H,3,14,26-27H2,1-2,4-6H3,(H,30,33)/b17-11+,28-12?. The van der Waals surface area contributed by atoms with E-state index in [0.29, 0.717) is 35.1 Å². The Morgan fingerprint density at radius 2 is 1.97 bits per heavy atom. The lowest BCUT2D eigenvalue weighted by Crippen LogP contribution is -2.31. The van der Waals surface area contributed by atoms with Crippen molar-refractivity contribution >= 4 is 17.6 Å². The van der Waals surface area contributed by atoms with E-state index in [1.54, 1.807) is 32.2 Å². The highest BCUT2D eigenvalue weighted by atomic mass is 16.5. The summed E-state index contributed by atoms with van der Waals surface area (Å²) in [7, 11) is 0. The average Bonchev–Trinajstić information content (AvgIpc) is 3.33. The van der Waals surface area contributed by atoms with Crippen molar-refractivity contribution in [1.82, 2.24) is 25.3 Å². The van der Waals surface area contributed by atoms with Crippen LogP contribution in [0.1, 0.15) is 51.7 Å². The minimum atomic E-state index is -0.870. The number of allylic oxidation sites excluding steroid dienone is 1. The third kappa shape index (κ3) is 6.11. The number of rotatable bonds is 10. The SMILES string of the molecule is C=C(N)N=C/C(=C\N)c1ccc(C(C)(c2noc(-c3ccc(NCC(C)(C)O)nn3)n2)C(C)C)cn1. The number of aromatic nitrogens is 5. The molecule has 1 unspecified atom stereocenters. The molecule has 0 aliphatic rings. The van der Waals surface area contributed by atoms with E-state index in [2.05, 4.69) is 56.1 Å². The van der Waals surface area contributed by atoms with Crippen molar-refractivity contribution in [3.05, 3.63) is 66.1 Å². The molecule has 3 aromatic heterocycles. The molecular formula is C25H33N9O2. The molecule has 1 atom stereocenters. The third-order valence-corrected chi connectivity index (χ3v) is 5.84. The smallest absolute Gasteiger partial charge is 0.278 e. The molecule has 36 heavy (non-hydrogen) atoms. The molecule has 0 fully saturated rings. The Labute approximate surface area is 210 Å². The fraction of sp³-hybridized carbons (Fsp3) is 0.360. The first kappa shape index (κ1) is 26.5. The number of hydrogen-bond donors (Lipinski definition) is 4. The summed E-state index contributed by atoms with van der Waals surface area (Å²) in [5.41, 5.74) is 12.4. The number of anilines is 1. The van der Waals surface area contributed by atoms with Gasteiger partial charge in [0.1, 0.15) is 11.6 Å². The Hall–Kier alpha value is -4.12. The van der Waals surface area contributed by atoms with E-state index in [-0.39, 0.29) is 17.6 Å². The second kappa shape index (κ2) is 10.6. The fourth-order valence-corrected chi connectivity index (χ4v) is 3.33. The average molecular weight is 492 g/mol. The first-order chi connectivity index (χ1) is 16.9. The first-order valence-electron chi connectivity index (χ1n) is 11.5. The highest BCUT2D eigenvalue weighted by molar-refractivity contribution is 6.09. The molecule has 3 aromatic rings. The first-order valence-corrected chi connectivity index (χ1v) is 11.5. The maximum Gasteiger partial charge on any atom is 0.278 e. The summed E-state index contributed by atoms with van der Waals surface area (Å²) < 4.78 is 5.55. The molecule has 0 aromatic carbocycles. The van der Waals surface area contributed by atoms with E-state index in [0.717, 1.165) is 5.56 Å². The zero-order valence-electron chi connectivity index (χ0n) is 21.2. The minimum Gasteiger partial charge on any atom is -0.404 e. The Kier molecular flexibility index (Phi) is 7.83. The maximum absolute atomic E-state index is 9.86. The normalized spacial score (nSPS) is 14.2. The van der Waals surface area contributed by atoms with Gasteiger partial charge in [0.2, 0.25) is 0 Å². The van der Waals surface area contributed by atoms with E-state index in [1.165, 1.54) is 12.4 Å². The molecule has 3 rings (SSSR count). The molecule has 6 N–H and O–H groups in total. The largest absolute Gasteiger partial charge is 0.404 e. The third-order valence-electron chi connectivity index (χ3n) is 5.84.